The summed E-state index contributed by atoms with van der Waals surface area (Å²) in [4.78, 5) is 1.04. The molecule has 0 saturated carbocycles. The van der Waals surface area contributed by atoms with Gasteiger partial charge >= 0.3 is 0 Å². The molecule has 3 aromatic rings. The molecule has 2 aromatic heterocycles. The molecule has 0 saturated heterocycles. The Kier molecular flexibility index (Phi) is 3.36. The highest BCUT2D eigenvalue weighted by atomic mass is 32.1. The number of nitrogens with zero attached hydrogens (tertiary/aromatic N) is 2. The Morgan fingerprint density at radius 2 is 2.08 bits per heavy atom. The minimum atomic E-state index is -0.270. The van der Waals surface area contributed by atoms with E-state index in [-0.39, 0.29) is 11.8 Å². The largest absolute Gasteiger partial charge is 0.420 e. The molecule has 1 aliphatic rings. The third-order valence-electron chi connectivity index (χ3n) is 4.11. The van der Waals surface area contributed by atoms with Crippen molar-refractivity contribution in [2.75, 3.05) is 0 Å². The maximum absolute atomic E-state index is 9.60. The molecule has 24 heavy (non-hydrogen) atoms. The third-order valence-corrected chi connectivity index (χ3v) is 5.04. The summed E-state index contributed by atoms with van der Waals surface area (Å²) >= 11 is 1.59. The number of hydrogen-bond acceptors (Lipinski definition) is 5. The van der Waals surface area contributed by atoms with E-state index in [2.05, 4.69) is 16.3 Å². The van der Waals surface area contributed by atoms with Crippen molar-refractivity contribution in [2.45, 2.75) is 12.8 Å². The Morgan fingerprint density at radius 3 is 2.75 bits per heavy atom. The van der Waals surface area contributed by atoms with Gasteiger partial charge in [-0.1, -0.05) is 35.9 Å². The van der Waals surface area contributed by atoms with Gasteiger partial charge in [-0.05, 0) is 18.4 Å². The number of fused-ring (bicyclic) bond motifs is 1. The van der Waals surface area contributed by atoms with Crippen molar-refractivity contribution in [1.82, 2.24) is 10.2 Å². The van der Waals surface area contributed by atoms with Gasteiger partial charge in [-0.3, -0.25) is 5.10 Å². The van der Waals surface area contributed by atoms with Crippen LogP contribution in [-0.2, 0) is 0 Å². The van der Waals surface area contributed by atoms with E-state index in [1.165, 1.54) is 5.56 Å². The van der Waals surface area contributed by atoms with Crippen molar-refractivity contribution in [3.05, 3.63) is 69.2 Å². The lowest BCUT2D eigenvalue weighted by Crippen LogP contribution is -2.20. The SMILES string of the molecule is Cc1ccc(-c2[nH]nc3c2[C@@H](c2cccs2)C(C#N)=C(N)O3)cc1. The number of H-pyrrole nitrogens is 1. The maximum Gasteiger partial charge on any atom is 0.244 e. The van der Waals surface area contributed by atoms with Crippen LogP contribution in [0.3, 0.4) is 0 Å². The van der Waals surface area contributed by atoms with Gasteiger partial charge < -0.3 is 10.5 Å². The van der Waals surface area contributed by atoms with Gasteiger partial charge in [0.25, 0.3) is 0 Å². The number of allylic oxidation sites excluding steroid dienone is 1. The normalized spacial score (nSPS) is 16.4. The van der Waals surface area contributed by atoms with Crippen molar-refractivity contribution >= 4 is 11.3 Å². The zero-order chi connectivity index (χ0) is 16.7. The standard InChI is InChI=1S/C18H14N4OS/c1-10-4-6-11(7-5-10)16-15-14(13-3-2-8-24-13)12(9-19)17(20)23-18(15)22-21-16/h2-8,14H,20H2,1H3,(H,21,22)/t14-/m1/s1. The van der Waals surface area contributed by atoms with Gasteiger partial charge in [0, 0.05) is 10.4 Å². The summed E-state index contributed by atoms with van der Waals surface area (Å²) in [5, 5.41) is 18.9. The lowest BCUT2D eigenvalue weighted by molar-refractivity contribution is 0.379. The van der Waals surface area contributed by atoms with Crippen LogP contribution >= 0.6 is 11.3 Å². The molecular formula is C18H14N4OS. The summed E-state index contributed by atoms with van der Waals surface area (Å²) in [5.74, 6) is 0.277. The number of hydrogen-bond donors (Lipinski definition) is 2. The quantitative estimate of drug-likeness (QED) is 0.748. The molecule has 6 heteroatoms. The first kappa shape index (κ1) is 14.5. The van der Waals surface area contributed by atoms with E-state index in [0.29, 0.717) is 11.5 Å². The summed E-state index contributed by atoms with van der Waals surface area (Å²) < 4.78 is 5.59. The predicted molar refractivity (Wildman–Crippen MR) is 92.4 cm³/mol. The molecule has 3 heterocycles. The second kappa shape index (κ2) is 5.55. The zero-order valence-corrected chi connectivity index (χ0v) is 13.7. The van der Waals surface area contributed by atoms with Gasteiger partial charge in [0.2, 0.25) is 11.8 Å². The second-order valence-electron chi connectivity index (χ2n) is 5.62. The van der Waals surface area contributed by atoms with Gasteiger partial charge in [0.1, 0.15) is 11.6 Å². The topological polar surface area (TPSA) is 87.7 Å². The van der Waals surface area contributed by atoms with Crippen LogP contribution in [0.2, 0.25) is 0 Å². The fraction of sp³-hybridized carbons (Fsp3) is 0.111. The van der Waals surface area contributed by atoms with E-state index in [0.717, 1.165) is 21.7 Å². The van der Waals surface area contributed by atoms with Gasteiger partial charge in [0.15, 0.2) is 0 Å². The number of aromatic nitrogens is 2. The predicted octanol–water partition coefficient (Wildman–Crippen LogP) is 3.66. The van der Waals surface area contributed by atoms with Crippen LogP contribution in [-0.4, -0.2) is 10.2 Å². The molecule has 1 atom stereocenters. The molecule has 1 aliphatic heterocycles. The highest BCUT2D eigenvalue weighted by Crippen LogP contribution is 2.46. The van der Waals surface area contributed by atoms with E-state index < -0.39 is 0 Å². The van der Waals surface area contributed by atoms with E-state index in [1.54, 1.807) is 11.3 Å². The van der Waals surface area contributed by atoms with Crippen molar-refractivity contribution in [2.24, 2.45) is 5.73 Å². The van der Waals surface area contributed by atoms with Crippen molar-refractivity contribution < 1.29 is 4.74 Å². The number of aromatic amines is 1. The van der Waals surface area contributed by atoms with Crippen LogP contribution in [0.4, 0.5) is 0 Å². The third kappa shape index (κ3) is 2.18. The molecule has 5 nitrogen and oxygen atoms in total. The van der Waals surface area contributed by atoms with E-state index in [9.17, 15) is 5.26 Å². The van der Waals surface area contributed by atoms with Crippen molar-refractivity contribution in [3.63, 3.8) is 0 Å². The van der Waals surface area contributed by atoms with Gasteiger partial charge in [0.05, 0.1) is 17.2 Å². The highest BCUT2D eigenvalue weighted by Gasteiger charge is 2.36. The summed E-state index contributed by atoms with van der Waals surface area (Å²) in [6.45, 7) is 2.04. The number of ether oxygens (including phenoxy) is 1. The van der Waals surface area contributed by atoms with Gasteiger partial charge in [-0.2, -0.15) is 5.26 Å². The Morgan fingerprint density at radius 1 is 1.29 bits per heavy atom. The van der Waals surface area contributed by atoms with Crippen LogP contribution < -0.4 is 10.5 Å². The second-order valence-corrected chi connectivity index (χ2v) is 6.60. The number of rotatable bonds is 2. The first-order valence-corrected chi connectivity index (χ1v) is 8.33. The lowest BCUT2D eigenvalue weighted by atomic mass is 9.87. The lowest BCUT2D eigenvalue weighted by Gasteiger charge is -2.22. The molecule has 0 bridgehead atoms. The smallest absolute Gasteiger partial charge is 0.244 e. The zero-order valence-electron chi connectivity index (χ0n) is 12.9. The van der Waals surface area contributed by atoms with Crippen molar-refractivity contribution in [3.8, 4) is 23.2 Å². The van der Waals surface area contributed by atoms with E-state index in [1.807, 2.05) is 48.7 Å². The monoisotopic (exact) mass is 334 g/mol. The molecule has 1 aromatic carbocycles. The number of aryl methyl sites for hydroxylation is 1. The number of nitrogens with one attached hydrogen (secondary N) is 1. The molecule has 3 N–H and O–H groups in total. The molecule has 0 spiro atoms. The fourth-order valence-electron chi connectivity index (χ4n) is 2.93. The first-order valence-electron chi connectivity index (χ1n) is 7.45. The summed E-state index contributed by atoms with van der Waals surface area (Å²) in [5.41, 5.74) is 10.3. The number of nitrogens with two attached hydrogens (primary N) is 1. The molecule has 0 radical (unpaired) electrons. The maximum atomic E-state index is 9.60. The molecule has 0 unspecified atom stereocenters. The highest BCUT2D eigenvalue weighted by molar-refractivity contribution is 7.10. The minimum absolute atomic E-state index is 0.116. The Bertz CT molecular complexity index is 962. The Balaban J connectivity index is 1.94. The van der Waals surface area contributed by atoms with Gasteiger partial charge in [-0.25, -0.2) is 0 Å². The van der Waals surface area contributed by atoms with Crippen LogP contribution in [0.15, 0.2) is 53.2 Å². The van der Waals surface area contributed by atoms with E-state index >= 15 is 0 Å². The average Bonchev–Trinajstić information content (AvgIpc) is 3.24. The van der Waals surface area contributed by atoms with Crippen LogP contribution in [0.25, 0.3) is 11.3 Å². The molecule has 0 aliphatic carbocycles. The average molecular weight is 334 g/mol. The van der Waals surface area contributed by atoms with E-state index in [4.69, 9.17) is 10.5 Å². The Hall–Kier alpha value is -3.04. The number of nitriles is 1. The number of thiophene rings is 1. The van der Waals surface area contributed by atoms with Crippen molar-refractivity contribution in [1.29, 1.82) is 5.26 Å². The van der Waals surface area contributed by atoms with Crippen LogP contribution in [0.1, 0.15) is 21.9 Å². The molecule has 0 fully saturated rings. The Labute approximate surface area is 143 Å². The minimum Gasteiger partial charge on any atom is -0.420 e. The fourth-order valence-corrected chi connectivity index (χ4v) is 3.77. The molecule has 118 valence electrons. The molecule has 4 rings (SSSR count). The summed E-state index contributed by atoms with van der Waals surface area (Å²) in [6, 6.07) is 14.3. The first-order chi connectivity index (χ1) is 11.7. The number of benzene rings is 1. The summed E-state index contributed by atoms with van der Waals surface area (Å²) in [6.07, 6.45) is 0. The summed E-state index contributed by atoms with van der Waals surface area (Å²) in [7, 11) is 0. The molecular weight excluding hydrogens is 320 g/mol. The van der Waals surface area contributed by atoms with Crippen LogP contribution in [0.5, 0.6) is 5.88 Å². The molecule has 0 amide bonds. The van der Waals surface area contributed by atoms with Gasteiger partial charge in [-0.15, -0.1) is 16.4 Å². The van der Waals surface area contributed by atoms with Crippen LogP contribution in [0, 0.1) is 18.3 Å².